The van der Waals surface area contributed by atoms with Crippen LogP contribution in [0.3, 0.4) is 0 Å². The summed E-state index contributed by atoms with van der Waals surface area (Å²) in [7, 11) is 0. The maximum Gasteiger partial charge on any atom is 0.0466 e. The summed E-state index contributed by atoms with van der Waals surface area (Å²) in [5.41, 5.74) is 0. The first-order valence-electron chi connectivity index (χ1n) is 6.55. The molecular formula is C13H27BrO. The number of ether oxygens (including phenoxy) is 1. The number of rotatable bonds is 12. The van der Waals surface area contributed by atoms with Gasteiger partial charge < -0.3 is 4.74 Å². The quantitative estimate of drug-likeness (QED) is 0.363. The molecule has 0 saturated heterocycles. The van der Waals surface area contributed by atoms with E-state index in [1.54, 1.807) is 0 Å². The molecule has 0 saturated carbocycles. The van der Waals surface area contributed by atoms with Gasteiger partial charge in [0.05, 0.1) is 0 Å². The van der Waals surface area contributed by atoms with Crippen molar-refractivity contribution < 1.29 is 4.74 Å². The maximum absolute atomic E-state index is 5.54. The minimum Gasteiger partial charge on any atom is -0.381 e. The van der Waals surface area contributed by atoms with Gasteiger partial charge in [-0.15, -0.1) is 0 Å². The molecule has 0 aromatic heterocycles. The molecule has 0 aliphatic carbocycles. The van der Waals surface area contributed by atoms with Crippen molar-refractivity contribution in [2.75, 3.05) is 18.5 Å². The minimum atomic E-state index is 0.946. The third-order valence-electron chi connectivity index (χ3n) is 2.56. The Labute approximate surface area is 104 Å². The third kappa shape index (κ3) is 14.4. The lowest BCUT2D eigenvalue weighted by molar-refractivity contribution is 0.127. The van der Waals surface area contributed by atoms with Crippen LogP contribution >= 0.6 is 15.9 Å². The predicted molar refractivity (Wildman–Crippen MR) is 71.8 cm³/mol. The molecule has 92 valence electrons. The van der Waals surface area contributed by atoms with Gasteiger partial charge in [0.2, 0.25) is 0 Å². The highest BCUT2D eigenvalue weighted by atomic mass is 79.9. The van der Waals surface area contributed by atoms with Gasteiger partial charge in [0.15, 0.2) is 0 Å². The first-order chi connectivity index (χ1) is 7.41. The SMILES string of the molecule is CCCCCCCCCOCCCCBr. The van der Waals surface area contributed by atoms with E-state index >= 15 is 0 Å². The Morgan fingerprint density at radius 3 is 1.87 bits per heavy atom. The average Bonchev–Trinajstić information content (AvgIpc) is 2.26. The summed E-state index contributed by atoms with van der Waals surface area (Å²) in [5.74, 6) is 0. The Hall–Kier alpha value is 0.440. The van der Waals surface area contributed by atoms with Crippen LogP contribution in [0.5, 0.6) is 0 Å². The van der Waals surface area contributed by atoms with Crippen molar-refractivity contribution in [2.45, 2.75) is 64.7 Å². The number of halogens is 1. The highest BCUT2D eigenvalue weighted by Gasteiger charge is 1.92. The maximum atomic E-state index is 5.54. The molecule has 0 radical (unpaired) electrons. The molecule has 0 bridgehead atoms. The lowest BCUT2D eigenvalue weighted by Gasteiger charge is -2.03. The van der Waals surface area contributed by atoms with Crippen LogP contribution in [0.15, 0.2) is 0 Å². The van der Waals surface area contributed by atoms with Crippen LogP contribution in [-0.2, 0) is 4.74 Å². The van der Waals surface area contributed by atoms with Gasteiger partial charge in [0.25, 0.3) is 0 Å². The fourth-order valence-electron chi connectivity index (χ4n) is 1.56. The zero-order chi connectivity index (χ0) is 11.2. The minimum absolute atomic E-state index is 0.946. The number of alkyl halides is 1. The van der Waals surface area contributed by atoms with E-state index in [4.69, 9.17) is 4.74 Å². The van der Waals surface area contributed by atoms with Gasteiger partial charge in [-0.25, -0.2) is 0 Å². The lowest BCUT2D eigenvalue weighted by atomic mass is 10.1. The standard InChI is InChI=1S/C13H27BrO/c1-2-3-4-5-6-7-9-12-15-13-10-8-11-14/h2-13H2,1H3. The van der Waals surface area contributed by atoms with E-state index in [1.807, 2.05) is 0 Å². The molecule has 0 N–H and O–H groups in total. The van der Waals surface area contributed by atoms with Gasteiger partial charge in [0.1, 0.15) is 0 Å². The van der Waals surface area contributed by atoms with Crippen LogP contribution in [0.1, 0.15) is 64.7 Å². The highest BCUT2D eigenvalue weighted by molar-refractivity contribution is 9.09. The first kappa shape index (κ1) is 15.4. The zero-order valence-corrected chi connectivity index (χ0v) is 11.9. The summed E-state index contributed by atoms with van der Waals surface area (Å²) in [6.07, 6.45) is 12.0. The van der Waals surface area contributed by atoms with Gasteiger partial charge in [0, 0.05) is 18.5 Å². The fraction of sp³-hybridized carbons (Fsp3) is 1.00. The van der Waals surface area contributed by atoms with E-state index in [2.05, 4.69) is 22.9 Å². The topological polar surface area (TPSA) is 9.23 Å². The molecule has 0 atom stereocenters. The molecule has 0 aromatic rings. The summed E-state index contributed by atoms with van der Waals surface area (Å²) in [6, 6.07) is 0. The van der Waals surface area contributed by atoms with E-state index in [0.29, 0.717) is 0 Å². The van der Waals surface area contributed by atoms with Crippen LogP contribution in [0, 0.1) is 0 Å². The Bertz CT molecular complexity index is 94.7. The van der Waals surface area contributed by atoms with Crippen LogP contribution in [0.25, 0.3) is 0 Å². The Morgan fingerprint density at radius 1 is 0.733 bits per heavy atom. The number of hydrogen-bond donors (Lipinski definition) is 0. The predicted octanol–water partition coefficient (Wildman–Crippen LogP) is 4.93. The molecular weight excluding hydrogens is 252 g/mol. The summed E-state index contributed by atoms with van der Waals surface area (Å²) >= 11 is 3.42. The van der Waals surface area contributed by atoms with Crippen LogP contribution < -0.4 is 0 Å². The smallest absolute Gasteiger partial charge is 0.0466 e. The van der Waals surface area contributed by atoms with Crippen LogP contribution in [0.2, 0.25) is 0 Å². The molecule has 0 unspecified atom stereocenters. The van der Waals surface area contributed by atoms with Gasteiger partial charge in [-0.05, 0) is 19.3 Å². The molecule has 0 amide bonds. The van der Waals surface area contributed by atoms with Crippen molar-refractivity contribution in [3.05, 3.63) is 0 Å². The number of hydrogen-bond acceptors (Lipinski definition) is 1. The molecule has 1 nitrogen and oxygen atoms in total. The average molecular weight is 279 g/mol. The van der Waals surface area contributed by atoms with Gasteiger partial charge in [-0.3, -0.25) is 0 Å². The lowest BCUT2D eigenvalue weighted by Crippen LogP contribution is -1.97. The van der Waals surface area contributed by atoms with Gasteiger partial charge >= 0.3 is 0 Å². The van der Waals surface area contributed by atoms with Crippen molar-refractivity contribution in [1.82, 2.24) is 0 Å². The second-order valence-electron chi connectivity index (χ2n) is 4.13. The van der Waals surface area contributed by atoms with Gasteiger partial charge in [-0.2, -0.15) is 0 Å². The van der Waals surface area contributed by atoms with E-state index in [9.17, 15) is 0 Å². The van der Waals surface area contributed by atoms with Crippen molar-refractivity contribution >= 4 is 15.9 Å². The van der Waals surface area contributed by atoms with E-state index in [-0.39, 0.29) is 0 Å². The fourth-order valence-corrected chi connectivity index (χ4v) is 1.96. The normalized spacial score (nSPS) is 10.8. The van der Waals surface area contributed by atoms with Gasteiger partial charge in [-0.1, -0.05) is 61.4 Å². The van der Waals surface area contributed by atoms with E-state index in [0.717, 1.165) is 18.5 Å². The molecule has 0 aromatic carbocycles. The molecule has 0 fully saturated rings. The molecule has 0 heterocycles. The van der Waals surface area contributed by atoms with E-state index in [1.165, 1.54) is 57.8 Å². The molecule has 0 rings (SSSR count). The third-order valence-corrected chi connectivity index (χ3v) is 3.13. The van der Waals surface area contributed by atoms with E-state index < -0.39 is 0 Å². The summed E-state index contributed by atoms with van der Waals surface area (Å²) in [4.78, 5) is 0. The second-order valence-corrected chi connectivity index (χ2v) is 4.92. The largest absolute Gasteiger partial charge is 0.381 e. The molecule has 0 aliphatic heterocycles. The first-order valence-corrected chi connectivity index (χ1v) is 7.67. The van der Waals surface area contributed by atoms with Crippen molar-refractivity contribution in [3.63, 3.8) is 0 Å². The molecule has 15 heavy (non-hydrogen) atoms. The molecule has 0 aliphatic rings. The van der Waals surface area contributed by atoms with Crippen molar-refractivity contribution in [3.8, 4) is 0 Å². The van der Waals surface area contributed by atoms with Crippen LogP contribution in [0.4, 0.5) is 0 Å². The Balaban J connectivity index is 2.81. The Morgan fingerprint density at radius 2 is 1.27 bits per heavy atom. The van der Waals surface area contributed by atoms with Crippen LogP contribution in [-0.4, -0.2) is 18.5 Å². The molecule has 0 spiro atoms. The monoisotopic (exact) mass is 278 g/mol. The summed E-state index contributed by atoms with van der Waals surface area (Å²) in [6.45, 7) is 4.18. The molecule has 2 heteroatoms. The van der Waals surface area contributed by atoms with Crippen molar-refractivity contribution in [2.24, 2.45) is 0 Å². The van der Waals surface area contributed by atoms with Crippen molar-refractivity contribution in [1.29, 1.82) is 0 Å². The summed E-state index contributed by atoms with van der Waals surface area (Å²) < 4.78 is 5.54. The zero-order valence-electron chi connectivity index (χ0n) is 10.3. The second kappa shape index (κ2) is 14.4. The highest BCUT2D eigenvalue weighted by Crippen LogP contribution is 2.06. The summed E-state index contributed by atoms with van der Waals surface area (Å²) in [5, 5.41) is 1.10. The Kier molecular flexibility index (Phi) is 14.9. The number of unbranched alkanes of at least 4 members (excludes halogenated alkanes) is 7.